The number of nitrogens with two attached hydrogens (primary N) is 1. The van der Waals surface area contributed by atoms with Gasteiger partial charge in [0.15, 0.2) is 0 Å². The predicted octanol–water partition coefficient (Wildman–Crippen LogP) is 2.42. The van der Waals surface area contributed by atoms with Gasteiger partial charge in [0.25, 0.3) is 0 Å². The Kier molecular flexibility index (Phi) is 4.97. The van der Waals surface area contributed by atoms with Crippen LogP contribution in [0.15, 0.2) is 24.3 Å². The smallest absolute Gasteiger partial charge is 0.0429 e. The van der Waals surface area contributed by atoms with Gasteiger partial charge in [-0.15, -0.1) is 0 Å². The van der Waals surface area contributed by atoms with Crippen LogP contribution in [0.5, 0.6) is 0 Å². The lowest BCUT2D eigenvalue weighted by Crippen LogP contribution is -2.35. The average Bonchev–Trinajstić information content (AvgIpc) is 2.28. The molecule has 0 aromatic heterocycles. The third-order valence-electron chi connectivity index (χ3n) is 2.99. The summed E-state index contributed by atoms with van der Waals surface area (Å²) in [7, 11) is 0. The molecule has 0 saturated carbocycles. The Bertz CT molecular complexity index is 301. The first-order chi connectivity index (χ1) is 7.60. The van der Waals surface area contributed by atoms with E-state index in [1.165, 1.54) is 24.0 Å². The Balaban J connectivity index is 2.71. The van der Waals surface area contributed by atoms with Gasteiger partial charge < -0.3 is 11.1 Å². The summed E-state index contributed by atoms with van der Waals surface area (Å²) in [5.74, 6) is 0. The van der Waals surface area contributed by atoms with E-state index in [1.807, 2.05) is 0 Å². The van der Waals surface area contributed by atoms with Crippen molar-refractivity contribution < 1.29 is 0 Å². The van der Waals surface area contributed by atoms with Crippen LogP contribution in [0.2, 0.25) is 0 Å². The Morgan fingerprint density at radius 3 is 2.31 bits per heavy atom. The van der Waals surface area contributed by atoms with Crippen LogP contribution in [0, 0.1) is 0 Å². The van der Waals surface area contributed by atoms with Gasteiger partial charge >= 0.3 is 0 Å². The second-order valence-corrected chi connectivity index (χ2v) is 4.96. The number of benzene rings is 1. The Morgan fingerprint density at radius 1 is 1.19 bits per heavy atom. The fourth-order valence-electron chi connectivity index (χ4n) is 1.90. The SMILES string of the molecule is CCCc1ccc(C(C)(C)CNCN)cc1. The topological polar surface area (TPSA) is 38.0 Å². The molecule has 0 bridgehead atoms. The van der Waals surface area contributed by atoms with E-state index < -0.39 is 0 Å². The van der Waals surface area contributed by atoms with Gasteiger partial charge in [0.2, 0.25) is 0 Å². The van der Waals surface area contributed by atoms with E-state index >= 15 is 0 Å². The molecule has 0 fully saturated rings. The Morgan fingerprint density at radius 2 is 1.81 bits per heavy atom. The Hall–Kier alpha value is -0.860. The summed E-state index contributed by atoms with van der Waals surface area (Å²) >= 11 is 0. The fourth-order valence-corrected chi connectivity index (χ4v) is 1.90. The molecule has 0 radical (unpaired) electrons. The van der Waals surface area contributed by atoms with E-state index in [2.05, 4.69) is 50.4 Å². The summed E-state index contributed by atoms with van der Waals surface area (Å²) in [4.78, 5) is 0. The molecule has 1 aromatic carbocycles. The molecule has 0 aliphatic heterocycles. The zero-order valence-electron chi connectivity index (χ0n) is 10.7. The molecule has 0 amide bonds. The van der Waals surface area contributed by atoms with Gasteiger partial charge in [-0.05, 0) is 17.5 Å². The minimum absolute atomic E-state index is 0.143. The number of hydrogen-bond donors (Lipinski definition) is 2. The van der Waals surface area contributed by atoms with E-state index in [0.717, 1.165) is 6.54 Å². The lowest BCUT2D eigenvalue weighted by atomic mass is 9.84. The van der Waals surface area contributed by atoms with Crippen LogP contribution in [-0.4, -0.2) is 13.2 Å². The van der Waals surface area contributed by atoms with Crippen molar-refractivity contribution in [3.8, 4) is 0 Å². The van der Waals surface area contributed by atoms with Gasteiger partial charge in [0.1, 0.15) is 0 Å². The number of rotatable bonds is 6. The maximum absolute atomic E-state index is 5.47. The highest BCUT2D eigenvalue weighted by Crippen LogP contribution is 2.22. The zero-order valence-corrected chi connectivity index (χ0v) is 10.7. The van der Waals surface area contributed by atoms with Crippen LogP contribution >= 0.6 is 0 Å². The third-order valence-corrected chi connectivity index (χ3v) is 2.99. The van der Waals surface area contributed by atoms with E-state index in [1.54, 1.807) is 0 Å². The highest BCUT2D eigenvalue weighted by atomic mass is 15.0. The first-order valence-corrected chi connectivity index (χ1v) is 6.10. The van der Waals surface area contributed by atoms with Gasteiger partial charge in [-0.3, -0.25) is 0 Å². The minimum atomic E-state index is 0.143. The standard InChI is InChI=1S/C14H24N2/c1-4-5-12-6-8-13(9-7-12)14(2,3)10-16-11-15/h6-9,16H,4-5,10-11,15H2,1-3H3. The molecule has 1 aromatic rings. The summed E-state index contributed by atoms with van der Waals surface area (Å²) in [6.45, 7) is 8.14. The van der Waals surface area contributed by atoms with Crippen molar-refractivity contribution in [2.24, 2.45) is 5.73 Å². The fraction of sp³-hybridized carbons (Fsp3) is 0.571. The molecule has 0 heterocycles. The maximum atomic E-state index is 5.47. The molecule has 1 rings (SSSR count). The molecule has 0 aliphatic carbocycles. The summed E-state index contributed by atoms with van der Waals surface area (Å²) in [6, 6.07) is 8.96. The van der Waals surface area contributed by atoms with Gasteiger partial charge in [-0.25, -0.2) is 0 Å². The summed E-state index contributed by atoms with van der Waals surface area (Å²) in [6.07, 6.45) is 2.37. The number of nitrogens with one attached hydrogen (secondary N) is 1. The lowest BCUT2D eigenvalue weighted by Gasteiger charge is -2.25. The Labute approximate surface area is 99.2 Å². The van der Waals surface area contributed by atoms with E-state index in [4.69, 9.17) is 5.73 Å². The van der Waals surface area contributed by atoms with E-state index in [9.17, 15) is 0 Å². The second-order valence-electron chi connectivity index (χ2n) is 4.96. The molecule has 0 aliphatic rings. The molecule has 90 valence electrons. The number of hydrogen-bond acceptors (Lipinski definition) is 2. The lowest BCUT2D eigenvalue weighted by molar-refractivity contribution is 0.474. The highest BCUT2D eigenvalue weighted by molar-refractivity contribution is 5.28. The monoisotopic (exact) mass is 220 g/mol. The van der Waals surface area contributed by atoms with Crippen LogP contribution in [0.25, 0.3) is 0 Å². The van der Waals surface area contributed by atoms with E-state index in [0.29, 0.717) is 6.67 Å². The summed E-state index contributed by atoms with van der Waals surface area (Å²) in [5.41, 5.74) is 8.40. The largest absolute Gasteiger partial charge is 0.318 e. The molecule has 2 heteroatoms. The molecule has 3 N–H and O–H groups in total. The molecular formula is C14H24N2. The van der Waals surface area contributed by atoms with Gasteiger partial charge in [-0.2, -0.15) is 0 Å². The van der Waals surface area contributed by atoms with Crippen molar-refractivity contribution >= 4 is 0 Å². The molecule has 0 atom stereocenters. The normalized spacial score (nSPS) is 11.8. The van der Waals surface area contributed by atoms with Crippen LogP contribution in [0.1, 0.15) is 38.3 Å². The summed E-state index contributed by atoms with van der Waals surface area (Å²) in [5, 5.41) is 3.20. The van der Waals surface area contributed by atoms with Gasteiger partial charge in [-0.1, -0.05) is 51.5 Å². The van der Waals surface area contributed by atoms with Crippen molar-refractivity contribution in [2.45, 2.75) is 39.0 Å². The summed E-state index contributed by atoms with van der Waals surface area (Å²) < 4.78 is 0. The number of aryl methyl sites for hydroxylation is 1. The van der Waals surface area contributed by atoms with Crippen LogP contribution in [0.4, 0.5) is 0 Å². The molecule has 2 nitrogen and oxygen atoms in total. The first kappa shape index (κ1) is 13.2. The van der Waals surface area contributed by atoms with Crippen LogP contribution in [-0.2, 0) is 11.8 Å². The quantitative estimate of drug-likeness (QED) is 0.723. The van der Waals surface area contributed by atoms with Crippen LogP contribution in [0.3, 0.4) is 0 Å². The van der Waals surface area contributed by atoms with E-state index in [-0.39, 0.29) is 5.41 Å². The molecule has 0 unspecified atom stereocenters. The van der Waals surface area contributed by atoms with Crippen molar-refractivity contribution in [3.05, 3.63) is 35.4 Å². The van der Waals surface area contributed by atoms with Crippen molar-refractivity contribution in [3.63, 3.8) is 0 Å². The molecule has 0 spiro atoms. The zero-order chi connectivity index (χ0) is 12.0. The molecule has 0 saturated heterocycles. The van der Waals surface area contributed by atoms with Crippen molar-refractivity contribution in [1.82, 2.24) is 5.32 Å². The maximum Gasteiger partial charge on any atom is 0.0429 e. The van der Waals surface area contributed by atoms with Gasteiger partial charge in [0, 0.05) is 18.6 Å². The third kappa shape index (κ3) is 3.62. The average molecular weight is 220 g/mol. The molecule has 16 heavy (non-hydrogen) atoms. The van der Waals surface area contributed by atoms with Crippen molar-refractivity contribution in [1.29, 1.82) is 0 Å². The minimum Gasteiger partial charge on any atom is -0.318 e. The van der Waals surface area contributed by atoms with Gasteiger partial charge in [0.05, 0.1) is 0 Å². The van der Waals surface area contributed by atoms with Crippen LogP contribution < -0.4 is 11.1 Å². The first-order valence-electron chi connectivity index (χ1n) is 6.10. The molecular weight excluding hydrogens is 196 g/mol. The van der Waals surface area contributed by atoms with Crippen molar-refractivity contribution in [2.75, 3.05) is 13.2 Å². The second kappa shape index (κ2) is 6.02. The predicted molar refractivity (Wildman–Crippen MR) is 70.5 cm³/mol. The highest BCUT2D eigenvalue weighted by Gasteiger charge is 2.19.